The Morgan fingerprint density at radius 3 is 2.79 bits per heavy atom. The zero-order valence-electron chi connectivity index (χ0n) is 7.24. The standard InChI is InChI=1S/C9H9BrO3S/c10-6-1-2-8(14-4-3-11)7(5-6)9(12)13/h1-2,5,11H,3-4H2,(H,12,13). The lowest BCUT2D eigenvalue weighted by Gasteiger charge is -2.04. The predicted molar refractivity (Wildman–Crippen MR) is 58.9 cm³/mol. The first kappa shape index (κ1) is 11.6. The van der Waals surface area contributed by atoms with Gasteiger partial charge in [-0.3, -0.25) is 0 Å². The number of rotatable bonds is 4. The number of hydrogen-bond acceptors (Lipinski definition) is 3. The van der Waals surface area contributed by atoms with Gasteiger partial charge in [-0.05, 0) is 18.2 Å². The molecule has 0 bridgehead atoms. The maximum absolute atomic E-state index is 10.8. The summed E-state index contributed by atoms with van der Waals surface area (Å²) in [5, 5.41) is 17.5. The summed E-state index contributed by atoms with van der Waals surface area (Å²) in [6.45, 7) is 0.0415. The van der Waals surface area contributed by atoms with E-state index in [0.29, 0.717) is 10.6 Å². The van der Waals surface area contributed by atoms with Crippen LogP contribution in [0.3, 0.4) is 0 Å². The van der Waals surface area contributed by atoms with Gasteiger partial charge < -0.3 is 10.2 Å². The van der Waals surface area contributed by atoms with E-state index in [1.165, 1.54) is 11.8 Å². The fraction of sp³-hybridized carbons (Fsp3) is 0.222. The maximum atomic E-state index is 10.8. The summed E-state index contributed by atoms with van der Waals surface area (Å²) in [6.07, 6.45) is 0. The Labute approximate surface area is 94.3 Å². The Hall–Kier alpha value is -0.520. The Bertz CT molecular complexity index is 341. The van der Waals surface area contributed by atoms with E-state index in [2.05, 4.69) is 15.9 Å². The van der Waals surface area contributed by atoms with Crippen LogP contribution >= 0.6 is 27.7 Å². The number of carboxylic acid groups (broad SMARTS) is 1. The summed E-state index contributed by atoms with van der Waals surface area (Å²) in [4.78, 5) is 11.5. The molecule has 0 spiro atoms. The number of aliphatic hydroxyl groups is 1. The van der Waals surface area contributed by atoms with Crippen LogP contribution in [0.2, 0.25) is 0 Å². The highest BCUT2D eigenvalue weighted by molar-refractivity contribution is 9.10. The van der Waals surface area contributed by atoms with Crippen molar-refractivity contribution < 1.29 is 15.0 Å². The lowest BCUT2D eigenvalue weighted by molar-refractivity contribution is 0.0693. The molecule has 0 saturated heterocycles. The van der Waals surface area contributed by atoms with Gasteiger partial charge in [-0.1, -0.05) is 15.9 Å². The molecule has 0 aliphatic heterocycles. The van der Waals surface area contributed by atoms with E-state index in [9.17, 15) is 4.79 Å². The molecule has 76 valence electrons. The van der Waals surface area contributed by atoms with Gasteiger partial charge in [0.25, 0.3) is 0 Å². The van der Waals surface area contributed by atoms with E-state index in [0.717, 1.165) is 4.47 Å². The van der Waals surface area contributed by atoms with E-state index >= 15 is 0 Å². The van der Waals surface area contributed by atoms with Crippen molar-refractivity contribution in [2.24, 2.45) is 0 Å². The third-order valence-corrected chi connectivity index (χ3v) is 3.07. The fourth-order valence-electron chi connectivity index (χ4n) is 0.951. The van der Waals surface area contributed by atoms with Crippen LogP contribution in [0.4, 0.5) is 0 Å². The number of aromatic carboxylic acids is 1. The van der Waals surface area contributed by atoms with Gasteiger partial charge in [-0.2, -0.15) is 0 Å². The van der Waals surface area contributed by atoms with Gasteiger partial charge in [-0.25, -0.2) is 4.79 Å². The van der Waals surface area contributed by atoms with Gasteiger partial charge >= 0.3 is 5.97 Å². The van der Waals surface area contributed by atoms with Gasteiger partial charge in [0.1, 0.15) is 0 Å². The zero-order valence-corrected chi connectivity index (χ0v) is 9.64. The number of hydrogen-bond donors (Lipinski definition) is 2. The average Bonchev–Trinajstić information content (AvgIpc) is 2.15. The summed E-state index contributed by atoms with van der Waals surface area (Å²) >= 11 is 4.54. The lowest BCUT2D eigenvalue weighted by Crippen LogP contribution is -1.99. The Balaban J connectivity index is 2.96. The van der Waals surface area contributed by atoms with Crippen molar-refractivity contribution in [3.8, 4) is 0 Å². The largest absolute Gasteiger partial charge is 0.478 e. The topological polar surface area (TPSA) is 57.5 Å². The molecule has 0 unspecified atom stereocenters. The molecule has 1 rings (SSSR count). The average molecular weight is 277 g/mol. The second kappa shape index (κ2) is 5.38. The molecule has 0 heterocycles. The van der Waals surface area contributed by atoms with Crippen molar-refractivity contribution in [1.29, 1.82) is 0 Å². The number of carbonyl (C=O) groups is 1. The predicted octanol–water partition coefficient (Wildman–Crippen LogP) is 2.23. The van der Waals surface area contributed by atoms with E-state index < -0.39 is 5.97 Å². The van der Waals surface area contributed by atoms with Gasteiger partial charge in [-0.15, -0.1) is 11.8 Å². The second-order valence-corrected chi connectivity index (χ2v) is 4.57. The van der Waals surface area contributed by atoms with E-state index in [1.54, 1.807) is 18.2 Å². The molecule has 0 amide bonds. The molecule has 5 heteroatoms. The van der Waals surface area contributed by atoms with Crippen molar-refractivity contribution in [2.45, 2.75) is 4.90 Å². The molecule has 2 N–H and O–H groups in total. The molecule has 1 aromatic rings. The SMILES string of the molecule is O=C(O)c1cc(Br)ccc1SCCO. The molecule has 3 nitrogen and oxygen atoms in total. The first-order valence-electron chi connectivity index (χ1n) is 3.91. The monoisotopic (exact) mass is 276 g/mol. The van der Waals surface area contributed by atoms with Crippen LogP contribution in [0.1, 0.15) is 10.4 Å². The van der Waals surface area contributed by atoms with Crippen molar-refractivity contribution in [2.75, 3.05) is 12.4 Å². The van der Waals surface area contributed by atoms with Crippen LogP contribution in [-0.2, 0) is 0 Å². The van der Waals surface area contributed by atoms with Crippen LogP contribution in [0.5, 0.6) is 0 Å². The van der Waals surface area contributed by atoms with Gasteiger partial charge in [0.2, 0.25) is 0 Å². The minimum Gasteiger partial charge on any atom is -0.478 e. The minimum atomic E-state index is -0.952. The number of benzene rings is 1. The van der Waals surface area contributed by atoms with Crippen molar-refractivity contribution in [3.05, 3.63) is 28.2 Å². The van der Waals surface area contributed by atoms with E-state index in [1.807, 2.05) is 0 Å². The van der Waals surface area contributed by atoms with E-state index in [4.69, 9.17) is 10.2 Å². The van der Waals surface area contributed by atoms with Crippen molar-refractivity contribution in [1.82, 2.24) is 0 Å². The lowest BCUT2D eigenvalue weighted by atomic mass is 10.2. The molecular formula is C9H9BrO3S. The van der Waals surface area contributed by atoms with Crippen molar-refractivity contribution in [3.63, 3.8) is 0 Å². The maximum Gasteiger partial charge on any atom is 0.336 e. The second-order valence-electron chi connectivity index (χ2n) is 2.52. The molecule has 1 aromatic carbocycles. The molecule has 14 heavy (non-hydrogen) atoms. The quantitative estimate of drug-likeness (QED) is 0.829. The zero-order chi connectivity index (χ0) is 10.6. The summed E-state index contributed by atoms with van der Waals surface area (Å²) in [7, 11) is 0. The first-order valence-corrected chi connectivity index (χ1v) is 5.69. The number of thioether (sulfide) groups is 1. The molecule has 0 aliphatic carbocycles. The van der Waals surface area contributed by atoms with Crippen LogP contribution in [0.25, 0.3) is 0 Å². The number of carboxylic acids is 1. The van der Waals surface area contributed by atoms with Crippen LogP contribution in [-0.4, -0.2) is 28.5 Å². The van der Waals surface area contributed by atoms with Gasteiger partial charge in [0.15, 0.2) is 0 Å². The Kier molecular flexibility index (Phi) is 4.44. The van der Waals surface area contributed by atoms with Gasteiger partial charge in [0, 0.05) is 15.1 Å². The fourth-order valence-corrected chi connectivity index (χ4v) is 2.09. The molecule has 0 fully saturated rings. The van der Waals surface area contributed by atoms with Crippen molar-refractivity contribution >= 4 is 33.7 Å². The number of halogens is 1. The minimum absolute atomic E-state index is 0.0415. The Morgan fingerprint density at radius 1 is 1.50 bits per heavy atom. The Morgan fingerprint density at radius 2 is 2.21 bits per heavy atom. The normalized spacial score (nSPS) is 10.1. The van der Waals surface area contributed by atoms with E-state index in [-0.39, 0.29) is 12.2 Å². The van der Waals surface area contributed by atoms with Crippen LogP contribution in [0, 0.1) is 0 Å². The molecule has 0 aliphatic rings. The highest BCUT2D eigenvalue weighted by Crippen LogP contribution is 2.25. The van der Waals surface area contributed by atoms with Crippen LogP contribution in [0.15, 0.2) is 27.6 Å². The molecule has 0 saturated carbocycles. The molecule has 0 aromatic heterocycles. The summed E-state index contributed by atoms with van der Waals surface area (Å²) in [5.74, 6) is -0.450. The summed E-state index contributed by atoms with van der Waals surface area (Å²) < 4.78 is 0.739. The van der Waals surface area contributed by atoms with Crippen LogP contribution < -0.4 is 0 Å². The number of aliphatic hydroxyl groups excluding tert-OH is 1. The molecule has 0 atom stereocenters. The first-order chi connectivity index (χ1) is 6.65. The highest BCUT2D eigenvalue weighted by Gasteiger charge is 2.10. The summed E-state index contributed by atoms with van der Waals surface area (Å²) in [6, 6.07) is 5.07. The highest BCUT2D eigenvalue weighted by atomic mass is 79.9. The third-order valence-electron chi connectivity index (χ3n) is 1.52. The smallest absolute Gasteiger partial charge is 0.336 e. The molecular weight excluding hydrogens is 268 g/mol. The summed E-state index contributed by atoms with van der Waals surface area (Å²) in [5.41, 5.74) is 0.262. The molecule has 0 radical (unpaired) electrons. The third kappa shape index (κ3) is 3.01. The van der Waals surface area contributed by atoms with Gasteiger partial charge in [0.05, 0.1) is 12.2 Å².